The summed E-state index contributed by atoms with van der Waals surface area (Å²) in [5, 5.41) is 4.99. The second-order valence-electron chi connectivity index (χ2n) is 6.58. The second-order valence-corrected chi connectivity index (χ2v) is 6.58. The van der Waals surface area contributed by atoms with Crippen molar-refractivity contribution in [2.75, 3.05) is 18.4 Å². The van der Waals surface area contributed by atoms with Crippen molar-refractivity contribution in [3.8, 4) is 0 Å². The lowest BCUT2D eigenvalue weighted by atomic mass is 10.2. The maximum absolute atomic E-state index is 13.1. The molecule has 2 N–H and O–H groups in total. The van der Waals surface area contributed by atoms with Crippen LogP contribution in [-0.2, 0) is 16.1 Å². The number of halogens is 2. The van der Waals surface area contributed by atoms with Gasteiger partial charge in [-0.1, -0.05) is 30.3 Å². The molecule has 5 nitrogen and oxygen atoms in total. The molecular weight excluding hydrogens is 352 g/mol. The van der Waals surface area contributed by atoms with Crippen LogP contribution in [0.15, 0.2) is 48.5 Å². The molecule has 0 aromatic heterocycles. The van der Waals surface area contributed by atoms with Crippen LogP contribution in [0.25, 0.3) is 0 Å². The first kappa shape index (κ1) is 19.0. The fraction of sp³-hybridized carbons (Fsp3) is 0.300. The Kier molecular flexibility index (Phi) is 6.13. The van der Waals surface area contributed by atoms with Crippen LogP contribution in [0.2, 0.25) is 0 Å². The highest BCUT2D eigenvalue weighted by molar-refractivity contribution is 5.94. The molecule has 0 radical (unpaired) electrons. The van der Waals surface area contributed by atoms with Crippen molar-refractivity contribution in [1.29, 1.82) is 0 Å². The van der Waals surface area contributed by atoms with Crippen LogP contribution in [0.1, 0.15) is 18.4 Å². The van der Waals surface area contributed by atoms with Crippen molar-refractivity contribution in [3.63, 3.8) is 0 Å². The molecule has 1 aliphatic rings. The number of amides is 2. The molecule has 7 heteroatoms. The Balaban J connectivity index is 1.46. The molecule has 2 amide bonds. The summed E-state index contributed by atoms with van der Waals surface area (Å²) in [6.45, 7) is 0.652. The molecule has 0 unspecified atom stereocenters. The number of carbonyl (C=O) groups excluding carboxylic acids is 2. The Hall–Kier alpha value is -2.80. The van der Waals surface area contributed by atoms with Gasteiger partial charge in [-0.05, 0) is 30.5 Å². The van der Waals surface area contributed by atoms with E-state index >= 15 is 0 Å². The zero-order valence-electron chi connectivity index (χ0n) is 14.8. The van der Waals surface area contributed by atoms with E-state index in [9.17, 15) is 18.4 Å². The fourth-order valence-electron chi connectivity index (χ4n) is 2.77. The van der Waals surface area contributed by atoms with E-state index in [1.54, 1.807) is 0 Å². The van der Waals surface area contributed by atoms with E-state index in [2.05, 4.69) is 15.5 Å². The van der Waals surface area contributed by atoms with Crippen LogP contribution in [0.3, 0.4) is 0 Å². The average Bonchev–Trinajstić information content (AvgIpc) is 3.49. The monoisotopic (exact) mass is 373 g/mol. The van der Waals surface area contributed by atoms with Gasteiger partial charge >= 0.3 is 0 Å². The number of hydrogen-bond donors (Lipinski definition) is 2. The van der Waals surface area contributed by atoms with Crippen LogP contribution < -0.4 is 10.6 Å². The first-order chi connectivity index (χ1) is 13.0. The lowest BCUT2D eigenvalue weighted by Crippen LogP contribution is -2.41. The third-order valence-corrected chi connectivity index (χ3v) is 4.29. The summed E-state index contributed by atoms with van der Waals surface area (Å²) in [4.78, 5) is 26.2. The van der Waals surface area contributed by atoms with Gasteiger partial charge in [-0.15, -0.1) is 0 Å². The molecular formula is C20H21F2N3O2. The summed E-state index contributed by atoms with van der Waals surface area (Å²) in [5.41, 5.74) is 1.27. The third-order valence-electron chi connectivity index (χ3n) is 4.29. The maximum Gasteiger partial charge on any atom is 0.243 e. The van der Waals surface area contributed by atoms with Crippen LogP contribution >= 0.6 is 0 Å². The van der Waals surface area contributed by atoms with E-state index in [4.69, 9.17) is 0 Å². The normalized spacial score (nSPS) is 13.4. The molecule has 0 atom stereocenters. The zero-order chi connectivity index (χ0) is 19.2. The van der Waals surface area contributed by atoms with E-state index in [1.807, 2.05) is 30.3 Å². The number of carbonyl (C=O) groups is 2. The first-order valence-electron chi connectivity index (χ1n) is 8.81. The molecule has 0 spiro atoms. The van der Waals surface area contributed by atoms with Gasteiger partial charge in [-0.3, -0.25) is 14.5 Å². The maximum atomic E-state index is 13.1. The Morgan fingerprint density at radius 2 is 1.74 bits per heavy atom. The molecule has 1 saturated carbocycles. The van der Waals surface area contributed by atoms with Gasteiger partial charge < -0.3 is 10.6 Å². The molecule has 2 aromatic rings. The van der Waals surface area contributed by atoms with Crippen LogP contribution in [0, 0.1) is 11.6 Å². The van der Waals surface area contributed by atoms with E-state index in [-0.39, 0.29) is 24.7 Å². The van der Waals surface area contributed by atoms with Crippen LogP contribution in [0.5, 0.6) is 0 Å². The smallest absolute Gasteiger partial charge is 0.243 e. The van der Waals surface area contributed by atoms with Crippen LogP contribution in [0.4, 0.5) is 14.5 Å². The Labute approximate surface area is 156 Å². The minimum absolute atomic E-state index is 0.136. The Bertz CT molecular complexity index is 810. The van der Waals surface area contributed by atoms with E-state index in [0.29, 0.717) is 12.6 Å². The molecule has 0 aliphatic heterocycles. The van der Waals surface area contributed by atoms with E-state index in [1.165, 1.54) is 6.07 Å². The topological polar surface area (TPSA) is 61.4 Å². The zero-order valence-corrected chi connectivity index (χ0v) is 14.8. The van der Waals surface area contributed by atoms with E-state index < -0.39 is 17.5 Å². The largest absolute Gasteiger partial charge is 0.346 e. The number of hydrogen-bond acceptors (Lipinski definition) is 3. The summed E-state index contributed by atoms with van der Waals surface area (Å²) < 4.78 is 26.0. The molecule has 0 saturated heterocycles. The van der Waals surface area contributed by atoms with E-state index in [0.717, 1.165) is 30.5 Å². The average molecular weight is 373 g/mol. The van der Waals surface area contributed by atoms with Gasteiger partial charge in [0.25, 0.3) is 0 Å². The lowest BCUT2D eigenvalue weighted by molar-refractivity contribution is -0.125. The highest BCUT2D eigenvalue weighted by Gasteiger charge is 2.30. The highest BCUT2D eigenvalue weighted by atomic mass is 19.2. The van der Waals surface area contributed by atoms with Gasteiger partial charge in [-0.25, -0.2) is 8.78 Å². The van der Waals surface area contributed by atoms with Crippen molar-refractivity contribution in [3.05, 3.63) is 65.7 Å². The second kappa shape index (κ2) is 8.73. The SMILES string of the molecule is O=C(CN(Cc1ccccc1)C1CC1)NCC(=O)Nc1ccc(F)c(F)c1. The summed E-state index contributed by atoms with van der Waals surface area (Å²) in [5.74, 6) is -2.79. The fourth-order valence-corrected chi connectivity index (χ4v) is 2.77. The number of rotatable bonds is 8. The minimum Gasteiger partial charge on any atom is -0.346 e. The molecule has 3 rings (SSSR count). The van der Waals surface area contributed by atoms with Gasteiger partial charge in [0.1, 0.15) is 0 Å². The number of nitrogens with zero attached hydrogens (tertiary/aromatic N) is 1. The predicted octanol–water partition coefficient (Wildman–Crippen LogP) is 2.68. The first-order valence-corrected chi connectivity index (χ1v) is 8.81. The molecule has 0 heterocycles. The summed E-state index contributed by atoms with van der Waals surface area (Å²) in [6, 6.07) is 13.4. The standard InChI is InChI=1S/C20H21F2N3O2/c21-17-9-6-15(10-18(17)22)24-19(26)11-23-20(27)13-25(16-7-8-16)12-14-4-2-1-3-5-14/h1-6,9-10,16H,7-8,11-13H2,(H,23,27)(H,24,26). The Morgan fingerprint density at radius 3 is 2.41 bits per heavy atom. The molecule has 1 aliphatic carbocycles. The Morgan fingerprint density at radius 1 is 1.00 bits per heavy atom. The third kappa shape index (κ3) is 5.86. The number of benzene rings is 2. The minimum atomic E-state index is -1.04. The van der Waals surface area contributed by atoms with Gasteiger partial charge in [0.05, 0.1) is 13.1 Å². The molecule has 142 valence electrons. The molecule has 1 fully saturated rings. The summed E-state index contributed by atoms with van der Waals surface area (Å²) in [6.07, 6.45) is 2.13. The van der Waals surface area contributed by atoms with Crippen molar-refractivity contribution in [1.82, 2.24) is 10.2 Å². The number of anilines is 1. The molecule has 0 bridgehead atoms. The number of nitrogens with one attached hydrogen (secondary N) is 2. The predicted molar refractivity (Wildman–Crippen MR) is 97.9 cm³/mol. The molecule has 27 heavy (non-hydrogen) atoms. The van der Waals surface area contributed by atoms with Crippen LogP contribution in [-0.4, -0.2) is 35.8 Å². The van der Waals surface area contributed by atoms with Crippen molar-refractivity contribution < 1.29 is 18.4 Å². The van der Waals surface area contributed by atoms with Crippen molar-refractivity contribution in [2.24, 2.45) is 0 Å². The molecule has 2 aromatic carbocycles. The van der Waals surface area contributed by atoms with Gasteiger partial charge in [0.15, 0.2) is 11.6 Å². The summed E-state index contributed by atoms with van der Waals surface area (Å²) >= 11 is 0. The highest BCUT2D eigenvalue weighted by Crippen LogP contribution is 2.27. The van der Waals surface area contributed by atoms with Crippen molar-refractivity contribution >= 4 is 17.5 Å². The van der Waals surface area contributed by atoms with Gasteiger partial charge in [0.2, 0.25) is 11.8 Å². The lowest BCUT2D eigenvalue weighted by Gasteiger charge is -2.21. The van der Waals surface area contributed by atoms with Crippen molar-refractivity contribution in [2.45, 2.75) is 25.4 Å². The van der Waals surface area contributed by atoms with Gasteiger partial charge in [0, 0.05) is 24.3 Å². The quantitative estimate of drug-likeness (QED) is 0.748. The van der Waals surface area contributed by atoms with Gasteiger partial charge in [-0.2, -0.15) is 0 Å². The summed E-state index contributed by atoms with van der Waals surface area (Å²) in [7, 11) is 0.